The number of piperidine rings is 1. The Labute approximate surface area is 174 Å². The molecule has 1 aliphatic rings. The summed E-state index contributed by atoms with van der Waals surface area (Å²) in [5.74, 6) is -0.570. The van der Waals surface area contributed by atoms with Crippen LogP contribution in [0.5, 0.6) is 5.88 Å². The second kappa shape index (κ2) is 9.62. The van der Waals surface area contributed by atoms with Crippen molar-refractivity contribution in [1.29, 1.82) is 5.26 Å². The van der Waals surface area contributed by atoms with Crippen molar-refractivity contribution in [3.63, 3.8) is 0 Å². The molecule has 0 radical (unpaired) electrons. The molecule has 1 aliphatic heterocycles. The van der Waals surface area contributed by atoms with Crippen molar-refractivity contribution in [2.45, 2.75) is 30.6 Å². The number of carbonyl (C=O) groups excluding carboxylic acids is 1. The third-order valence-electron chi connectivity index (χ3n) is 4.84. The first-order chi connectivity index (χ1) is 14.5. The summed E-state index contributed by atoms with van der Waals surface area (Å²) in [6.45, 7) is 0.387. The van der Waals surface area contributed by atoms with Crippen molar-refractivity contribution in [3.05, 3.63) is 54.0 Å². The summed E-state index contributed by atoms with van der Waals surface area (Å²) in [6, 6.07) is 8.44. The summed E-state index contributed by atoms with van der Waals surface area (Å²) in [7, 11) is -3.89. The summed E-state index contributed by atoms with van der Waals surface area (Å²) in [5.41, 5.74) is 2.18. The van der Waals surface area contributed by atoms with Gasteiger partial charge in [-0.3, -0.25) is 15.0 Å². The second-order valence-corrected chi connectivity index (χ2v) is 8.86. The van der Waals surface area contributed by atoms with Crippen LogP contribution in [-0.4, -0.2) is 53.0 Å². The number of nitrogens with zero attached hydrogens (tertiary/aromatic N) is 4. The van der Waals surface area contributed by atoms with Crippen LogP contribution in [0.4, 0.5) is 0 Å². The van der Waals surface area contributed by atoms with Gasteiger partial charge in [0.2, 0.25) is 21.8 Å². The first-order valence-electron chi connectivity index (χ1n) is 9.29. The fourth-order valence-corrected chi connectivity index (χ4v) is 5.21. The zero-order valence-electron chi connectivity index (χ0n) is 16.0. The maximum atomic E-state index is 13.2. The van der Waals surface area contributed by atoms with Crippen molar-refractivity contribution in [2.75, 3.05) is 13.1 Å². The van der Waals surface area contributed by atoms with Crippen LogP contribution in [0, 0.1) is 11.3 Å². The Hall–Kier alpha value is -3.07. The highest BCUT2D eigenvalue weighted by Crippen LogP contribution is 2.31. The second-order valence-electron chi connectivity index (χ2n) is 6.74. The van der Waals surface area contributed by atoms with E-state index in [1.807, 2.05) is 6.07 Å². The molecule has 0 aromatic carbocycles. The number of amides is 1. The summed E-state index contributed by atoms with van der Waals surface area (Å²) < 4.78 is 33.6. The van der Waals surface area contributed by atoms with E-state index in [0.29, 0.717) is 24.0 Å². The maximum Gasteiger partial charge on any atom is 0.245 e. The van der Waals surface area contributed by atoms with Gasteiger partial charge in [-0.25, -0.2) is 23.2 Å². The van der Waals surface area contributed by atoms with E-state index in [9.17, 15) is 13.2 Å². The molecule has 30 heavy (non-hydrogen) atoms. The minimum atomic E-state index is -3.89. The molecule has 1 fully saturated rings. The topological polar surface area (TPSA) is 146 Å². The molecular weight excluding hydrogens is 410 g/mol. The van der Waals surface area contributed by atoms with Gasteiger partial charge in [0.15, 0.2) is 0 Å². The molecule has 2 aromatic heterocycles. The fraction of sp³-hybridized carbons (Fsp3) is 0.368. The van der Waals surface area contributed by atoms with Crippen molar-refractivity contribution >= 4 is 15.9 Å². The highest BCUT2D eigenvalue weighted by atomic mass is 32.2. The Kier molecular flexibility index (Phi) is 6.94. The smallest absolute Gasteiger partial charge is 0.245 e. The van der Waals surface area contributed by atoms with Crippen molar-refractivity contribution in [3.8, 4) is 11.9 Å². The fourth-order valence-electron chi connectivity index (χ4n) is 3.29. The molecule has 2 N–H and O–H groups in total. The first-order valence-corrected chi connectivity index (χ1v) is 10.8. The van der Waals surface area contributed by atoms with Gasteiger partial charge in [-0.2, -0.15) is 5.26 Å². The molecule has 0 aliphatic carbocycles. The number of aromatic nitrogens is 2. The van der Waals surface area contributed by atoms with Crippen LogP contribution < -0.4 is 10.2 Å². The van der Waals surface area contributed by atoms with E-state index in [4.69, 9.17) is 15.2 Å². The van der Waals surface area contributed by atoms with E-state index in [2.05, 4.69) is 9.97 Å². The quantitative estimate of drug-likeness (QED) is 0.490. The summed E-state index contributed by atoms with van der Waals surface area (Å²) in [5, 5.41) is 16.8. The molecule has 2 aromatic rings. The highest BCUT2D eigenvalue weighted by Gasteiger charge is 2.37. The van der Waals surface area contributed by atoms with Gasteiger partial charge in [0.05, 0.1) is 6.42 Å². The molecule has 1 atom stereocenters. The molecular formula is C19H21N5O5S. The summed E-state index contributed by atoms with van der Waals surface area (Å²) >= 11 is 0. The number of hydrogen-bond donors (Lipinski definition) is 2. The average molecular weight is 431 g/mol. The van der Waals surface area contributed by atoms with Crippen LogP contribution in [0.25, 0.3) is 0 Å². The predicted molar refractivity (Wildman–Crippen MR) is 105 cm³/mol. The molecule has 0 bridgehead atoms. The number of nitrogens with one attached hydrogen (secondary N) is 1. The Morgan fingerprint density at radius 2 is 2.07 bits per heavy atom. The lowest BCUT2D eigenvalue weighted by molar-refractivity contribution is -0.129. The Balaban J connectivity index is 1.72. The Morgan fingerprint density at radius 3 is 2.70 bits per heavy atom. The number of pyridine rings is 2. The molecule has 0 unspecified atom stereocenters. The monoisotopic (exact) mass is 431 g/mol. The molecule has 0 saturated carbocycles. The predicted octanol–water partition coefficient (Wildman–Crippen LogP) is 1.16. The third-order valence-corrected chi connectivity index (χ3v) is 7.08. The lowest BCUT2D eigenvalue weighted by Crippen LogP contribution is -2.44. The number of sulfonamides is 1. The SMILES string of the molecule is N#Cc1cccnc1OC1CCN(S(=O)(=O)[C@H](CC(=O)NO)c2cccnc2)CC1. The average Bonchev–Trinajstić information content (AvgIpc) is 2.78. The standard InChI is InChI=1S/C19H21N5O5S/c20-12-14-3-2-8-22-19(14)29-16-5-9-24(10-6-16)30(27,28)17(11-18(25)23-26)15-4-1-7-21-13-15/h1-4,7-8,13,16-17,26H,5-6,9-11H2,(H,23,25)/t17-/m1/s1. The number of hydrogen-bond acceptors (Lipinski definition) is 8. The minimum Gasteiger partial charge on any atom is -0.473 e. The van der Waals surface area contributed by atoms with Gasteiger partial charge in [0, 0.05) is 31.7 Å². The molecule has 0 spiro atoms. The number of hydroxylamine groups is 1. The summed E-state index contributed by atoms with van der Waals surface area (Å²) in [6.07, 6.45) is 4.54. The van der Waals surface area contributed by atoms with Gasteiger partial charge in [-0.1, -0.05) is 6.07 Å². The van der Waals surface area contributed by atoms with Crippen LogP contribution in [0.3, 0.4) is 0 Å². The van der Waals surface area contributed by atoms with E-state index < -0.39 is 27.6 Å². The number of carbonyl (C=O) groups is 1. The van der Waals surface area contributed by atoms with E-state index >= 15 is 0 Å². The number of nitriles is 1. The van der Waals surface area contributed by atoms with E-state index in [-0.39, 0.29) is 25.1 Å². The zero-order valence-corrected chi connectivity index (χ0v) is 16.8. The number of ether oxygens (including phenoxy) is 1. The maximum absolute atomic E-state index is 13.2. The van der Waals surface area contributed by atoms with E-state index in [1.165, 1.54) is 28.4 Å². The van der Waals surface area contributed by atoms with Gasteiger partial charge in [0.25, 0.3) is 0 Å². The normalized spacial score (nSPS) is 16.4. The van der Waals surface area contributed by atoms with Crippen molar-refractivity contribution in [2.24, 2.45) is 0 Å². The van der Waals surface area contributed by atoms with Crippen LogP contribution in [0.2, 0.25) is 0 Å². The highest BCUT2D eigenvalue weighted by molar-refractivity contribution is 7.89. The van der Waals surface area contributed by atoms with Gasteiger partial charge in [0.1, 0.15) is 23.0 Å². The van der Waals surface area contributed by atoms with Crippen LogP contribution in [0.1, 0.15) is 35.6 Å². The van der Waals surface area contributed by atoms with Gasteiger partial charge in [-0.15, -0.1) is 0 Å². The lowest BCUT2D eigenvalue weighted by Gasteiger charge is -2.33. The molecule has 3 heterocycles. The van der Waals surface area contributed by atoms with Crippen LogP contribution in [-0.2, 0) is 14.8 Å². The molecule has 158 valence electrons. The van der Waals surface area contributed by atoms with Crippen molar-refractivity contribution in [1.82, 2.24) is 19.8 Å². The molecule has 3 rings (SSSR count). The zero-order chi connectivity index (χ0) is 21.6. The largest absolute Gasteiger partial charge is 0.473 e. The Bertz CT molecular complexity index is 1020. The Morgan fingerprint density at radius 1 is 1.33 bits per heavy atom. The molecule has 1 saturated heterocycles. The third kappa shape index (κ3) is 4.91. The lowest BCUT2D eigenvalue weighted by atomic mass is 10.1. The summed E-state index contributed by atoms with van der Waals surface area (Å²) in [4.78, 5) is 19.7. The molecule has 10 nitrogen and oxygen atoms in total. The van der Waals surface area contributed by atoms with Gasteiger partial charge in [-0.05, 0) is 36.6 Å². The van der Waals surface area contributed by atoms with Gasteiger partial charge < -0.3 is 4.74 Å². The first kappa shape index (κ1) is 21.6. The van der Waals surface area contributed by atoms with E-state index in [1.54, 1.807) is 24.3 Å². The van der Waals surface area contributed by atoms with E-state index in [0.717, 1.165) is 0 Å². The van der Waals surface area contributed by atoms with Crippen LogP contribution >= 0.6 is 0 Å². The minimum absolute atomic E-state index is 0.194. The molecule has 11 heteroatoms. The molecule has 1 amide bonds. The van der Waals surface area contributed by atoms with Crippen LogP contribution in [0.15, 0.2) is 42.9 Å². The van der Waals surface area contributed by atoms with Crippen molar-refractivity contribution < 1.29 is 23.2 Å². The number of rotatable bonds is 7. The van der Waals surface area contributed by atoms with Gasteiger partial charge >= 0.3 is 0 Å².